The Hall–Kier alpha value is -4.45. The van der Waals surface area contributed by atoms with E-state index in [-0.39, 0.29) is 37.5 Å². The Morgan fingerprint density at radius 3 is 0.942 bits per heavy atom. The van der Waals surface area contributed by atoms with Gasteiger partial charge in [-0.25, -0.2) is 0 Å². The van der Waals surface area contributed by atoms with Crippen LogP contribution in [0, 0.1) is 0 Å². The minimum atomic E-state index is -0.832. The predicted molar refractivity (Wildman–Crippen MR) is 297 cm³/mol. The Morgan fingerprint density at radius 2 is 0.580 bits per heavy atom. The first kappa shape index (κ1) is 64.5. The summed E-state index contributed by atoms with van der Waals surface area (Å²) in [7, 11) is 0. The number of allylic oxidation sites excluding steroid dienone is 22. The largest absolute Gasteiger partial charge is 0.462 e. The lowest BCUT2D eigenvalue weighted by Crippen LogP contribution is -2.30. The third kappa shape index (κ3) is 54.4. The van der Waals surface area contributed by atoms with Gasteiger partial charge in [0.25, 0.3) is 0 Å². The Bertz CT molecular complexity index is 1510. The number of carbonyl (C=O) groups is 3. The maximum absolute atomic E-state index is 12.8. The normalized spacial score (nSPS) is 13.1. The van der Waals surface area contributed by atoms with E-state index in [2.05, 4.69) is 154 Å². The highest BCUT2D eigenvalue weighted by Gasteiger charge is 2.19. The zero-order chi connectivity index (χ0) is 50.0. The first-order valence-corrected chi connectivity index (χ1v) is 27.7. The van der Waals surface area contributed by atoms with Crippen LogP contribution in [0.2, 0.25) is 0 Å². The van der Waals surface area contributed by atoms with E-state index >= 15 is 0 Å². The molecule has 0 unspecified atom stereocenters. The molecule has 0 fully saturated rings. The van der Waals surface area contributed by atoms with Gasteiger partial charge in [-0.05, 0) is 135 Å². The van der Waals surface area contributed by atoms with Crippen molar-refractivity contribution >= 4 is 17.9 Å². The number of hydrogen-bond donors (Lipinski definition) is 0. The molecule has 0 aliphatic heterocycles. The topological polar surface area (TPSA) is 78.9 Å². The van der Waals surface area contributed by atoms with E-state index in [1.165, 1.54) is 51.4 Å². The van der Waals surface area contributed by atoms with Crippen molar-refractivity contribution in [2.45, 2.75) is 232 Å². The Morgan fingerprint density at radius 1 is 0.304 bits per heavy atom. The molecule has 0 heterocycles. The maximum atomic E-state index is 12.8. The maximum Gasteiger partial charge on any atom is 0.306 e. The standard InChI is InChI=1S/C63H100O6/c1-4-7-10-13-16-19-22-25-28-30-31-33-35-38-41-44-47-50-53-56-62(65)68-59-60(58-67-61(64)55-52-49-46-43-40-37-34-27-24-21-18-15-12-9-6-3)69-63(66)57-54-51-48-45-42-39-36-32-29-26-23-20-17-14-11-8-5-2/h8,11,16-21,25-29,31,33-34,36,38-39,41,45,48,60H,4-7,9-10,12-15,22-24,30,32,35,37,40,42-44,46-47,49-59H2,1-3H3/b11-8-,19-16-,20-17-,21-18-,28-25-,29-26-,33-31-,34-27-,39-36-,41-38-,48-45-/t60-/m0/s1. The number of rotatable bonds is 48. The molecule has 0 aromatic heterocycles. The van der Waals surface area contributed by atoms with Crippen LogP contribution < -0.4 is 0 Å². The first-order chi connectivity index (χ1) is 34.0. The lowest BCUT2D eigenvalue weighted by molar-refractivity contribution is -0.167. The van der Waals surface area contributed by atoms with E-state index in [0.717, 1.165) is 128 Å². The van der Waals surface area contributed by atoms with Gasteiger partial charge < -0.3 is 14.2 Å². The average Bonchev–Trinajstić information content (AvgIpc) is 3.35. The molecule has 0 aromatic rings. The van der Waals surface area contributed by atoms with Gasteiger partial charge in [0.05, 0.1) is 0 Å². The monoisotopic (exact) mass is 953 g/mol. The quantitative estimate of drug-likeness (QED) is 0.0262. The van der Waals surface area contributed by atoms with Crippen LogP contribution in [0.3, 0.4) is 0 Å². The predicted octanol–water partition coefficient (Wildman–Crippen LogP) is 18.6. The smallest absolute Gasteiger partial charge is 0.306 e. The van der Waals surface area contributed by atoms with Gasteiger partial charge in [-0.3, -0.25) is 14.4 Å². The summed E-state index contributed by atoms with van der Waals surface area (Å²) in [5.41, 5.74) is 0. The van der Waals surface area contributed by atoms with E-state index in [1.54, 1.807) is 0 Å². The molecular weight excluding hydrogens is 853 g/mol. The molecule has 0 saturated carbocycles. The highest BCUT2D eigenvalue weighted by molar-refractivity contribution is 5.71. The van der Waals surface area contributed by atoms with Crippen molar-refractivity contribution < 1.29 is 28.6 Å². The number of unbranched alkanes of at least 4 members (excludes halogenated alkanes) is 15. The average molecular weight is 953 g/mol. The molecule has 0 aromatic carbocycles. The minimum Gasteiger partial charge on any atom is -0.462 e. The molecule has 69 heavy (non-hydrogen) atoms. The van der Waals surface area contributed by atoms with Crippen LogP contribution in [0.4, 0.5) is 0 Å². The summed E-state index contributed by atoms with van der Waals surface area (Å²) in [5.74, 6) is -1.03. The second kappa shape index (κ2) is 56.1. The van der Waals surface area contributed by atoms with Crippen LogP contribution in [-0.2, 0) is 28.6 Å². The molecule has 0 bridgehead atoms. The molecule has 0 N–H and O–H groups in total. The van der Waals surface area contributed by atoms with E-state index < -0.39 is 6.10 Å². The Balaban J connectivity index is 4.59. The summed E-state index contributed by atoms with van der Waals surface area (Å²) < 4.78 is 16.8. The van der Waals surface area contributed by atoms with Gasteiger partial charge in [0.15, 0.2) is 6.10 Å². The van der Waals surface area contributed by atoms with E-state index in [9.17, 15) is 14.4 Å². The van der Waals surface area contributed by atoms with Gasteiger partial charge >= 0.3 is 17.9 Å². The summed E-state index contributed by atoms with van der Waals surface area (Å²) in [4.78, 5) is 38.1. The molecule has 6 heteroatoms. The van der Waals surface area contributed by atoms with Crippen molar-refractivity contribution in [3.8, 4) is 0 Å². The van der Waals surface area contributed by atoms with Gasteiger partial charge in [-0.15, -0.1) is 0 Å². The number of hydrogen-bond acceptors (Lipinski definition) is 6. The molecule has 0 aliphatic rings. The zero-order valence-corrected chi connectivity index (χ0v) is 44.3. The van der Waals surface area contributed by atoms with E-state index in [4.69, 9.17) is 14.2 Å². The Kier molecular flexibility index (Phi) is 52.5. The van der Waals surface area contributed by atoms with Crippen LogP contribution in [0.15, 0.2) is 134 Å². The molecule has 388 valence electrons. The minimum absolute atomic E-state index is 0.123. The summed E-state index contributed by atoms with van der Waals surface area (Å²) in [6.45, 7) is 6.37. The molecule has 0 aliphatic carbocycles. The second-order valence-corrected chi connectivity index (χ2v) is 17.7. The van der Waals surface area contributed by atoms with Crippen LogP contribution in [0.5, 0.6) is 0 Å². The lowest BCUT2D eigenvalue weighted by atomic mass is 10.1. The van der Waals surface area contributed by atoms with E-state index in [1.807, 2.05) is 0 Å². The van der Waals surface area contributed by atoms with Crippen molar-refractivity contribution in [2.75, 3.05) is 13.2 Å². The molecule has 6 nitrogen and oxygen atoms in total. The van der Waals surface area contributed by atoms with E-state index in [0.29, 0.717) is 19.3 Å². The fourth-order valence-corrected chi connectivity index (χ4v) is 6.96. The number of esters is 3. The SMILES string of the molecule is CC/C=C\C/C=C\C/C=C\C/C=C\C/C=C\CCCC(=O)O[C@H](COC(=O)CCCCC/C=C\C/C=C\C/C=C\C/C=C\CCCCC)COC(=O)CCCCCCC/C=C\C/C=C\CCCCC. The highest BCUT2D eigenvalue weighted by Crippen LogP contribution is 2.12. The van der Waals surface area contributed by atoms with Crippen LogP contribution >= 0.6 is 0 Å². The van der Waals surface area contributed by atoms with Crippen molar-refractivity contribution in [3.63, 3.8) is 0 Å². The Labute approximate surface area is 424 Å². The zero-order valence-electron chi connectivity index (χ0n) is 44.3. The van der Waals surface area contributed by atoms with Gasteiger partial charge in [0, 0.05) is 19.3 Å². The highest BCUT2D eigenvalue weighted by atomic mass is 16.6. The fraction of sp³-hybridized carbons (Fsp3) is 0.603. The van der Waals surface area contributed by atoms with Crippen molar-refractivity contribution in [1.29, 1.82) is 0 Å². The number of ether oxygens (including phenoxy) is 3. The van der Waals surface area contributed by atoms with Crippen LogP contribution in [0.1, 0.15) is 226 Å². The second-order valence-electron chi connectivity index (χ2n) is 17.7. The van der Waals surface area contributed by atoms with Crippen LogP contribution in [-0.4, -0.2) is 37.2 Å². The van der Waals surface area contributed by atoms with Crippen molar-refractivity contribution in [2.24, 2.45) is 0 Å². The fourth-order valence-electron chi connectivity index (χ4n) is 6.96. The summed E-state index contributed by atoms with van der Waals surface area (Å²) in [5, 5.41) is 0. The van der Waals surface area contributed by atoms with Gasteiger partial charge in [0.1, 0.15) is 13.2 Å². The molecule has 0 saturated heterocycles. The lowest BCUT2D eigenvalue weighted by Gasteiger charge is -2.18. The third-order valence-electron chi connectivity index (χ3n) is 11.1. The molecule has 0 amide bonds. The molecule has 0 radical (unpaired) electrons. The third-order valence-corrected chi connectivity index (χ3v) is 11.1. The molecule has 0 rings (SSSR count). The first-order valence-electron chi connectivity index (χ1n) is 27.7. The van der Waals surface area contributed by atoms with Crippen LogP contribution in [0.25, 0.3) is 0 Å². The van der Waals surface area contributed by atoms with Gasteiger partial charge in [-0.1, -0.05) is 206 Å². The summed E-state index contributed by atoms with van der Waals surface area (Å²) >= 11 is 0. The number of carbonyl (C=O) groups excluding carboxylic acids is 3. The van der Waals surface area contributed by atoms with Gasteiger partial charge in [-0.2, -0.15) is 0 Å². The van der Waals surface area contributed by atoms with Gasteiger partial charge in [0.2, 0.25) is 0 Å². The molecule has 1 atom stereocenters. The van der Waals surface area contributed by atoms with Crippen molar-refractivity contribution in [1.82, 2.24) is 0 Å². The molecule has 0 spiro atoms. The summed E-state index contributed by atoms with van der Waals surface area (Å²) in [6, 6.07) is 0. The summed E-state index contributed by atoms with van der Waals surface area (Å²) in [6.07, 6.45) is 78.7. The molecular formula is C63H100O6. The van der Waals surface area contributed by atoms with Crippen molar-refractivity contribution in [3.05, 3.63) is 134 Å².